The summed E-state index contributed by atoms with van der Waals surface area (Å²) in [6.07, 6.45) is 2.41. The van der Waals surface area contributed by atoms with Gasteiger partial charge in [-0.1, -0.05) is 11.3 Å². The molecule has 2 aromatic rings. The van der Waals surface area contributed by atoms with E-state index in [2.05, 4.69) is 15.2 Å². The summed E-state index contributed by atoms with van der Waals surface area (Å²) in [6, 6.07) is 0. The number of pyridine rings is 1. The standard InChI is InChI=1S/C14H18N4O3S/c1-2-17-8-9(13(20)21)10(19)11-12(17)16-14(22-11)18-6-3-4-15-5-7-18/h8,15H,2-7H2,1H3,(H,20,21). The Morgan fingerprint density at radius 2 is 2.27 bits per heavy atom. The van der Waals surface area contributed by atoms with Crippen molar-refractivity contribution in [3.8, 4) is 0 Å². The lowest BCUT2D eigenvalue weighted by Crippen LogP contribution is -2.27. The van der Waals surface area contributed by atoms with Crippen LogP contribution in [0.25, 0.3) is 10.3 Å². The van der Waals surface area contributed by atoms with E-state index < -0.39 is 11.4 Å². The molecule has 0 unspecified atom stereocenters. The lowest BCUT2D eigenvalue weighted by molar-refractivity contribution is 0.0695. The summed E-state index contributed by atoms with van der Waals surface area (Å²) in [5.74, 6) is -1.19. The first-order chi connectivity index (χ1) is 10.6. The number of hydrogen-bond donors (Lipinski definition) is 2. The molecule has 118 valence electrons. The molecule has 2 aromatic heterocycles. The first-order valence-electron chi connectivity index (χ1n) is 7.34. The average molecular weight is 322 g/mol. The number of carbonyl (C=O) groups is 1. The van der Waals surface area contributed by atoms with Crippen molar-refractivity contribution in [2.24, 2.45) is 0 Å². The lowest BCUT2D eigenvalue weighted by atomic mass is 10.2. The van der Waals surface area contributed by atoms with Crippen LogP contribution >= 0.6 is 11.3 Å². The van der Waals surface area contributed by atoms with E-state index in [4.69, 9.17) is 0 Å². The Hall–Kier alpha value is -1.93. The van der Waals surface area contributed by atoms with Gasteiger partial charge in [0.2, 0.25) is 5.43 Å². The molecule has 1 aliphatic rings. The summed E-state index contributed by atoms with van der Waals surface area (Å²) >= 11 is 1.29. The van der Waals surface area contributed by atoms with Crippen LogP contribution in [0.2, 0.25) is 0 Å². The second-order valence-corrected chi connectivity index (χ2v) is 6.18. The molecule has 3 heterocycles. The number of anilines is 1. The van der Waals surface area contributed by atoms with Crippen LogP contribution in [0.5, 0.6) is 0 Å². The van der Waals surface area contributed by atoms with Crippen LogP contribution in [-0.4, -0.2) is 46.8 Å². The number of carboxylic acids is 1. The number of aromatic carboxylic acids is 1. The Labute approximate surface area is 131 Å². The molecule has 0 amide bonds. The number of fused-ring (bicyclic) bond motifs is 1. The van der Waals surface area contributed by atoms with Crippen molar-refractivity contribution >= 4 is 32.8 Å². The van der Waals surface area contributed by atoms with Crippen molar-refractivity contribution < 1.29 is 9.90 Å². The Balaban J connectivity index is 2.13. The van der Waals surface area contributed by atoms with E-state index in [0.717, 1.165) is 37.7 Å². The third-order valence-corrected chi connectivity index (χ3v) is 4.89. The van der Waals surface area contributed by atoms with Crippen molar-refractivity contribution in [2.75, 3.05) is 31.1 Å². The minimum Gasteiger partial charge on any atom is -0.477 e. The Morgan fingerprint density at radius 1 is 1.45 bits per heavy atom. The Morgan fingerprint density at radius 3 is 3.00 bits per heavy atom. The van der Waals surface area contributed by atoms with E-state index >= 15 is 0 Å². The van der Waals surface area contributed by atoms with E-state index in [9.17, 15) is 14.7 Å². The topological polar surface area (TPSA) is 87.5 Å². The normalized spacial score (nSPS) is 16.0. The fourth-order valence-corrected chi connectivity index (χ4v) is 3.69. The van der Waals surface area contributed by atoms with Crippen molar-refractivity contribution in [3.05, 3.63) is 22.0 Å². The average Bonchev–Trinajstić information content (AvgIpc) is 2.77. The van der Waals surface area contributed by atoms with Gasteiger partial charge in [-0.3, -0.25) is 4.79 Å². The lowest BCUT2D eigenvalue weighted by Gasteiger charge is -2.17. The summed E-state index contributed by atoms with van der Waals surface area (Å²) < 4.78 is 2.16. The smallest absolute Gasteiger partial charge is 0.341 e. The van der Waals surface area contributed by atoms with Gasteiger partial charge in [0.15, 0.2) is 10.8 Å². The molecule has 2 N–H and O–H groups in total. The molecule has 0 saturated carbocycles. The third kappa shape index (κ3) is 2.59. The van der Waals surface area contributed by atoms with Crippen LogP contribution in [0, 0.1) is 0 Å². The van der Waals surface area contributed by atoms with Crippen molar-refractivity contribution in [3.63, 3.8) is 0 Å². The van der Waals surface area contributed by atoms with Crippen LogP contribution in [-0.2, 0) is 6.54 Å². The molecule has 3 rings (SSSR count). The van der Waals surface area contributed by atoms with Crippen molar-refractivity contribution in [2.45, 2.75) is 19.9 Å². The predicted molar refractivity (Wildman–Crippen MR) is 86.2 cm³/mol. The molecule has 22 heavy (non-hydrogen) atoms. The number of carboxylic acid groups (broad SMARTS) is 1. The summed E-state index contributed by atoms with van der Waals surface area (Å²) in [5, 5.41) is 13.3. The summed E-state index contributed by atoms with van der Waals surface area (Å²) in [4.78, 5) is 30.3. The Bertz CT molecular complexity index is 759. The van der Waals surface area contributed by atoms with Gasteiger partial charge in [0, 0.05) is 32.4 Å². The van der Waals surface area contributed by atoms with Gasteiger partial charge in [-0.25, -0.2) is 9.78 Å². The maximum Gasteiger partial charge on any atom is 0.341 e. The molecule has 0 aliphatic carbocycles. The number of hydrogen-bond acceptors (Lipinski definition) is 6. The number of aryl methyl sites for hydroxylation is 1. The number of nitrogens with one attached hydrogen (secondary N) is 1. The van der Waals surface area contributed by atoms with E-state index in [1.807, 2.05) is 6.92 Å². The fourth-order valence-electron chi connectivity index (χ4n) is 2.61. The molecule has 0 aromatic carbocycles. The van der Waals surface area contributed by atoms with Gasteiger partial charge in [0.1, 0.15) is 10.3 Å². The molecule has 1 aliphatic heterocycles. The van der Waals surface area contributed by atoms with E-state index in [0.29, 0.717) is 16.9 Å². The van der Waals surface area contributed by atoms with Gasteiger partial charge in [-0.05, 0) is 19.9 Å². The first kappa shape index (κ1) is 15.0. The summed E-state index contributed by atoms with van der Waals surface area (Å²) in [6.45, 7) is 6.07. The molecule has 0 radical (unpaired) electrons. The van der Waals surface area contributed by atoms with Gasteiger partial charge in [-0.15, -0.1) is 0 Å². The van der Waals surface area contributed by atoms with Gasteiger partial charge in [-0.2, -0.15) is 0 Å². The summed E-state index contributed by atoms with van der Waals surface area (Å²) in [7, 11) is 0. The van der Waals surface area contributed by atoms with Crippen LogP contribution in [0.4, 0.5) is 5.13 Å². The van der Waals surface area contributed by atoms with Gasteiger partial charge >= 0.3 is 5.97 Å². The fraction of sp³-hybridized carbons (Fsp3) is 0.500. The van der Waals surface area contributed by atoms with Crippen LogP contribution in [0.15, 0.2) is 11.0 Å². The second-order valence-electron chi connectivity index (χ2n) is 5.20. The zero-order chi connectivity index (χ0) is 15.7. The van der Waals surface area contributed by atoms with E-state index in [1.165, 1.54) is 17.5 Å². The zero-order valence-corrected chi connectivity index (χ0v) is 13.2. The van der Waals surface area contributed by atoms with Crippen LogP contribution in [0.3, 0.4) is 0 Å². The molecule has 7 nitrogen and oxygen atoms in total. The Kier molecular flexibility index (Phi) is 4.12. The molecule has 0 spiro atoms. The van der Waals surface area contributed by atoms with Crippen LogP contribution < -0.4 is 15.6 Å². The van der Waals surface area contributed by atoms with Crippen LogP contribution in [0.1, 0.15) is 23.7 Å². The number of rotatable bonds is 3. The highest BCUT2D eigenvalue weighted by Crippen LogP contribution is 2.27. The number of nitrogens with zero attached hydrogens (tertiary/aromatic N) is 3. The maximum atomic E-state index is 12.3. The van der Waals surface area contributed by atoms with Crippen molar-refractivity contribution in [1.29, 1.82) is 0 Å². The highest BCUT2D eigenvalue weighted by atomic mass is 32.1. The molecule has 1 saturated heterocycles. The van der Waals surface area contributed by atoms with Crippen molar-refractivity contribution in [1.82, 2.24) is 14.9 Å². The summed E-state index contributed by atoms with van der Waals surface area (Å²) in [5.41, 5.74) is -0.0549. The predicted octanol–water partition coefficient (Wildman–Crippen LogP) is 0.976. The molecule has 1 fully saturated rings. The zero-order valence-electron chi connectivity index (χ0n) is 12.3. The van der Waals surface area contributed by atoms with Gasteiger partial charge < -0.3 is 19.9 Å². The number of aromatic nitrogens is 2. The molecule has 0 bridgehead atoms. The maximum absolute atomic E-state index is 12.3. The molecular weight excluding hydrogens is 304 g/mol. The third-order valence-electron chi connectivity index (χ3n) is 3.79. The van der Waals surface area contributed by atoms with Gasteiger partial charge in [0.05, 0.1) is 0 Å². The first-order valence-corrected chi connectivity index (χ1v) is 8.16. The quantitative estimate of drug-likeness (QED) is 0.876. The second kappa shape index (κ2) is 6.05. The highest BCUT2D eigenvalue weighted by Gasteiger charge is 2.20. The number of thiazole rings is 1. The highest BCUT2D eigenvalue weighted by molar-refractivity contribution is 7.22. The largest absolute Gasteiger partial charge is 0.477 e. The van der Waals surface area contributed by atoms with Gasteiger partial charge in [0.25, 0.3) is 0 Å². The molecule has 0 atom stereocenters. The monoisotopic (exact) mass is 322 g/mol. The molecule has 8 heteroatoms. The minimum absolute atomic E-state index is 0.193. The van der Waals surface area contributed by atoms with E-state index in [1.54, 1.807) is 4.57 Å². The molecular formula is C14H18N4O3S. The SMILES string of the molecule is CCn1cc(C(=O)O)c(=O)c2sc(N3CCCNCC3)nc21. The minimum atomic E-state index is -1.19. The van der Waals surface area contributed by atoms with E-state index in [-0.39, 0.29) is 5.56 Å².